The quantitative estimate of drug-likeness (QED) is 0.852. The van der Waals surface area contributed by atoms with E-state index in [1.54, 1.807) is 11.3 Å². The summed E-state index contributed by atoms with van der Waals surface area (Å²) in [5.74, 6) is -0.794. The van der Waals surface area contributed by atoms with Crippen LogP contribution in [0.3, 0.4) is 0 Å². The minimum Gasteiger partial charge on any atom is -0.480 e. The van der Waals surface area contributed by atoms with E-state index in [9.17, 15) is 9.90 Å². The van der Waals surface area contributed by atoms with Crippen LogP contribution < -0.4 is 0 Å². The summed E-state index contributed by atoms with van der Waals surface area (Å²) in [4.78, 5) is 14.9. The van der Waals surface area contributed by atoms with Crippen LogP contribution in [-0.4, -0.2) is 22.5 Å². The van der Waals surface area contributed by atoms with Gasteiger partial charge in [-0.3, -0.25) is 9.69 Å². The van der Waals surface area contributed by atoms with Crippen LogP contribution in [0.1, 0.15) is 22.0 Å². The molecule has 0 saturated carbocycles. The van der Waals surface area contributed by atoms with Gasteiger partial charge in [-0.1, -0.05) is 17.7 Å². The number of nitrogens with zero attached hydrogens (tertiary/aromatic N) is 1. The minimum absolute atomic E-state index is 0.567. The third-order valence-electron chi connectivity index (χ3n) is 3.67. The summed E-state index contributed by atoms with van der Waals surface area (Å²) in [7, 11) is 0. The average Bonchev–Trinajstić information content (AvgIpc) is 2.90. The highest BCUT2D eigenvalue weighted by atomic mass is 79.9. The van der Waals surface area contributed by atoms with Gasteiger partial charge >= 0.3 is 5.97 Å². The Morgan fingerprint density at radius 3 is 3.00 bits per heavy atom. The van der Waals surface area contributed by atoms with Gasteiger partial charge in [-0.15, -0.1) is 11.3 Å². The zero-order valence-corrected chi connectivity index (χ0v) is 14.2. The second-order valence-corrected chi connectivity index (χ2v) is 7.27. The molecule has 6 heteroatoms. The first-order valence-corrected chi connectivity index (χ1v) is 8.58. The largest absolute Gasteiger partial charge is 0.480 e. The highest BCUT2D eigenvalue weighted by Crippen LogP contribution is 2.35. The van der Waals surface area contributed by atoms with Gasteiger partial charge in [0.25, 0.3) is 0 Å². The van der Waals surface area contributed by atoms with Crippen LogP contribution in [-0.2, 0) is 17.8 Å². The van der Waals surface area contributed by atoms with Crippen molar-refractivity contribution in [2.45, 2.75) is 19.0 Å². The molecule has 2 heterocycles. The monoisotopic (exact) mass is 385 g/mol. The maximum Gasteiger partial charge on any atom is 0.325 e. The molecule has 1 N–H and O–H groups in total. The number of carboxylic acids is 1. The van der Waals surface area contributed by atoms with E-state index < -0.39 is 12.0 Å². The molecule has 2 aromatic rings. The van der Waals surface area contributed by atoms with Crippen molar-refractivity contribution in [1.82, 2.24) is 4.90 Å². The van der Waals surface area contributed by atoms with E-state index in [1.165, 1.54) is 4.88 Å². The van der Waals surface area contributed by atoms with Crippen LogP contribution in [0, 0.1) is 0 Å². The Kier molecular flexibility index (Phi) is 4.36. The Bertz CT molecular complexity index is 688. The number of carbonyl (C=O) groups is 1. The molecular weight excluding hydrogens is 374 g/mol. The molecule has 3 rings (SSSR count). The topological polar surface area (TPSA) is 40.5 Å². The number of rotatable bonds is 3. The molecular formula is C15H13BrClNO2S. The van der Waals surface area contributed by atoms with Crippen LogP contribution in [0.5, 0.6) is 0 Å². The van der Waals surface area contributed by atoms with Gasteiger partial charge in [0.05, 0.1) is 5.02 Å². The number of thiophene rings is 1. The van der Waals surface area contributed by atoms with Crippen molar-refractivity contribution in [1.29, 1.82) is 0 Å². The molecule has 1 aromatic heterocycles. The van der Waals surface area contributed by atoms with E-state index in [0.29, 0.717) is 11.6 Å². The second kappa shape index (κ2) is 6.08. The molecule has 0 amide bonds. The van der Waals surface area contributed by atoms with Crippen LogP contribution in [0.4, 0.5) is 0 Å². The van der Waals surface area contributed by atoms with E-state index in [-0.39, 0.29) is 0 Å². The molecule has 3 nitrogen and oxygen atoms in total. The fourth-order valence-corrected chi connectivity index (χ4v) is 4.05. The van der Waals surface area contributed by atoms with Gasteiger partial charge in [0.2, 0.25) is 0 Å². The van der Waals surface area contributed by atoms with Crippen molar-refractivity contribution in [3.63, 3.8) is 0 Å². The number of carboxylic acid groups (broad SMARTS) is 1. The number of hydrogen-bond donors (Lipinski definition) is 1. The average molecular weight is 387 g/mol. The van der Waals surface area contributed by atoms with Crippen molar-refractivity contribution in [2.24, 2.45) is 0 Å². The molecule has 0 aliphatic carbocycles. The normalized spacial score (nSPS) is 18.5. The van der Waals surface area contributed by atoms with Crippen molar-refractivity contribution in [3.05, 3.63) is 55.1 Å². The molecule has 0 bridgehead atoms. The lowest BCUT2D eigenvalue weighted by Crippen LogP contribution is -2.38. The lowest BCUT2D eigenvalue weighted by molar-refractivity contribution is -0.144. The lowest BCUT2D eigenvalue weighted by Gasteiger charge is -2.33. The zero-order valence-electron chi connectivity index (χ0n) is 11.1. The summed E-state index contributed by atoms with van der Waals surface area (Å²) in [6.45, 7) is 1.33. The molecule has 0 fully saturated rings. The molecule has 110 valence electrons. The van der Waals surface area contributed by atoms with Crippen molar-refractivity contribution in [2.75, 3.05) is 6.54 Å². The van der Waals surface area contributed by atoms with Gasteiger partial charge in [-0.25, -0.2) is 0 Å². The number of halogens is 2. The van der Waals surface area contributed by atoms with Gasteiger partial charge in [-0.2, -0.15) is 0 Å². The molecule has 1 aliphatic heterocycles. The predicted molar refractivity (Wildman–Crippen MR) is 88.0 cm³/mol. The summed E-state index contributed by atoms with van der Waals surface area (Å²) < 4.78 is 0.849. The van der Waals surface area contributed by atoms with Gasteiger partial charge in [0.15, 0.2) is 0 Å². The highest BCUT2D eigenvalue weighted by molar-refractivity contribution is 9.10. The first-order chi connectivity index (χ1) is 10.1. The van der Waals surface area contributed by atoms with Gasteiger partial charge < -0.3 is 5.11 Å². The fourth-order valence-electron chi connectivity index (χ4n) is 2.70. The number of fused-ring (bicyclic) bond motifs is 1. The van der Waals surface area contributed by atoms with Crippen molar-refractivity contribution >= 4 is 44.8 Å². The van der Waals surface area contributed by atoms with E-state index in [1.807, 2.05) is 34.5 Å². The molecule has 0 saturated heterocycles. The van der Waals surface area contributed by atoms with Crippen LogP contribution in [0.25, 0.3) is 0 Å². The number of hydrogen-bond acceptors (Lipinski definition) is 3. The Hall–Kier alpha value is -0.880. The Morgan fingerprint density at radius 2 is 2.29 bits per heavy atom. The van der Waals surface area contributed by atoms with E-state index in [4.69, 9.17) is 11.6 Å². The first kappa shape index (κ1) is 15.0. The van der Waals surface area contributed by atoms with E-state index >= 15 is 0 Å². The second-order valence-electron chi connectivity index (χ2n) is 5.01. The molecule has 0 spiro atoms. The summed E-state index contributed by atoms with van der Waals surface area (Å²) in [5.41, 5.74) is 1.95. The Labute approximate surface area is 140 Å². The summed E-state index contributed by atoms with van der Waals surface area (Å²) in [6.07, 6.45) is 0.904. The number of benzene rings is 1. The molecule has 0 radical (unpaired) electrons. The van der Waals surface area contributed by atoms with E-state index in [0.717, 1.165) is 28.6 Å². The predicted octanol–water partition coefficient (Wildman–Crippen LogP) is 4.35. The number of aliphatic carboxylic acids is 1. The molecule has 21 heavy (non-hydrogen) atoms. The molecule has 1 atom stereocenters. The first-order valence-electron chi connectivity index (χ1n) is 6.53. The van der Waals surface area contributed by atoms with Crippen LogP contribution >= 0.6 is 38.9 Å². The summed E-state index contributed by atoms with van der Waals surface area (Å²) >= 11 is 11.1. The van der Waals surface area contributed by atoms with Gasteiger partial charge in [0.1, 0.15) is 6.04 Å². The summed E-state index contributed by atoms with van der Waals surface area (Å²) in [5, 5.41) is 12.2. The third-order valence-corrected chi connectivity index (χ3v) is 5.90. The smallest absolute Gasteiger partial charge is 0.325 e. The minimum atomic E-state index is -0.794. The molecule has 1 aromatic carbocycles. The van der Waals surface area contributed by atoms with Crippen molar-refractivity contribution in [3.8, 4) is 0 Å². The lowest BCUT2D eigenvalue weighted by atomic mass is 9.99. The third kappa shape index (κ3) is 3.01. The molecule has 1 unspecified atom stereocenters. The maximum absolute atomic E-state index is 11.7. The van der Waals surface area contributed by atoms with E-state index in [2.05, 4.69) is 15.9 Å². The Balaban J connectivity index is 1.88. The maximum atomic E-state index is 11.7. The Morgan fingerprint density at radius 1 is 1.48 bits per heavy atom. The SMILES string of the molecule is O=C(O)C1c2ccsc2CCN1Cc1ccc(Br)c(Cl)c1. The standard InChI is InChI=1S/C15H13BrClNO2S/c16-11-2-1-9(7-12(11)17)8-18-5-3-13-10(4-6-21-13)14(18)15(19)20/h1-2,4,6-7,14H,3,5,8H2,(H,19,20). The van der Waals surface area contributed by atoms with Gasteiger partial charge in [0, 0.05) is 22.4 Å². The van der Waals surface area contributed by atoms with Crippen LogP contribution in [0.15, 0.2) is 34.1 Å². The zero-order chi connectivity index (χ0) is 15.0. The highest BCUT2D eigenvalue weighted by Gasteiger charge is 2.33. The fraction of sp³-hybridized carbons (Fsp3) is 0.267. The molecule has 1 aliphatic rings. The van der Waals surface area contributed by atoms with Crippen molar-refractivity contribution < 1.29 is 9.90 Å². The summed E-state index contributed by atoms with van der Waals surface area (Å²) in [6, 6.07) is 7.11. The van der Waals surface area contributed by atoms with Gasteiger partial charge in [-0.05, 0) is 57.1 Å². The van der Waals surface area contributed by atoms with Crippen LogP contribution in [0.2, 0.25) is 5.02 Å².